The molecule has 0 unspecified atom stereocenters. The van der Waals surface area contributed by atoms with Crippen molar-refractivity contribution >= 4 is 11.6 Å². The zero-order valence-corrected chi connectivity index (χ0v) is 11.4. The molecule has 104 valence electrons. The largest absolute Gasteiger partial charge is 0.497 e. The fraction of sp³-hybridized carbons (Fsp3) is 0.500. The van der Waals surface area contributed by atoms with Gasteiger partial charge in [0.05, 0.1) is 20.1 Å². The molecule has 2 N–H and O–H groups in total. The van der Waals surface area contributed by atoms with Crippen molar-refractivity contribution in [3.8, 4) is 11.5 Å². The van der Waals surface area contributed by atoms with Crippen molar-refractivity contribution in [3.05, 3.63) is 18.2 Å². The van der Waals surface area contributed by atoms with Crippen LogP contribution in [0.4, 0.5) is 5.69 Å². The van der Waals surface area contributed by atoms with E-state index in [1.165, 1.54) is 0 Å². The van der Waals surface area contributed by atoms with Crippen molar-refractivity contribution in [1.29, 1.82) is 0 Å². The molecule has 0 radical (unpaired) electrons. The molecule has 1 aliphatic rings. The van der Waals surface area contributed by atoms with Crippen LogP contribution in [0.1, 0.15) is 12.8 Å². The van der Waals surface area contributed by atoms with Crippen molar-refractivity contribution in [2.24, 2.45) is 5.92 Å². The number of rotatable bonds is 4. The van der Waals surface area contributed by atoms with Gasteiger partial charge in [0.25, 0.3) is 0 Å². The molecule has 5 heteroatoms. The Kier molecular flexibility index (Phi) is 4.63. The highest BCUT2D eigenvalue weighted by molar-refractivity contribution is 5.93. The van der Waals surface area contributed by atoms with Crippen LogP contribution in [-0.4, -0.2) is 33.2 Å². The lowest BCUT2D eigenvalue weighted by Crippen LogP contribution is -2.37. The number of methoxy groups -OCH3 is 2. The molecule has 2 rings (SSSR count). The van der Waals surface area contributed by atoms with E-state index in [4.69, 9.17) is 9.47 Å². The second kappa shape index (κ2) is 6.43. The van der Waals surface area contributed by atoms with Gasteiger partial charge in [-0.2, -0.15) is 0 Å². The Morgan fingerprint density at radius 1 is 1.26 bits per heavy atom. The van der Waals surface area contributed by atoms with E-state index in [1.54, 1.807) is 32.4 Å². The van der Waals surface area contributed by atoms with Gasteiger partial charge in [0.15, 0.2) is 0 Å². The summed E-state index contributed by atoms with van der Waals surface area (Å²) in [5.74, 6) is 1.40. The number of anilines is 1. The molecule has 0 aromatic heterocycles. The molecule has 1 aromatic carbocycles. The second-order valence-electron chi connectivity index (χ2n) is 4.63. The van der Waals surface area contributed by atoms with E-state index < -0.39 is 0 Å². The Morgan fingerprint density at radius 2 is 1.95 bits per heavy atom. The predicted octanol–water partition coefficient (Wildman–Crippen LogP) is 1.64. The Labute approximate surface area is 113 Å². The molecule has 1 saturated heterocycles. The molecule has 0 aliphatic carbocycles. The van der Waals surface area contributed by atoms with Crippen LogP contribution < -0.4 is 20.1 Å². The number of hydrogen-bond acceptors (Lipinski definition) is 4. The van der Waals surface area contributed by atoms with E-state index in [0.717, 1.165) is 25.9 Å². The van der Waals surface area contributed by atoms with Crippen LogP contribution in [0.3, 0.4) is 0 Å². The number of hydrogen-bond donors (Lipinski definition) is 2. The number of benzene rings is 1. The maximum atomic E-state index is 12.1. The van der Waals surface area contributed by atoms with E-state index in [0.29, 0.717) is 17.2 Å². The third-order valence-electron chi connectivity index (χ3n) is 3.29. The highest BCUT2D eigenvalue weighted by Gasteiger charge is 2.21. The van der Waals surface area contributed by atoms with Crippen molar-refractivity contribution in [3.63, 3.8) is 0 Å². The van der Waals surface area contributed by atoms with Crippen LogP contribution in [0, 0.1) is 5.92 Å². The van der Waals surface area contributed by atoms with Gasteiger partial charge in [0.2, 0.25) is 5.91 Å². The van der Waals surface area contributed by atoms with Gasteiger partial charge >= 0.3 is 0 Å². The Bertz CT molecular complexity index is 420. The number of nitrogens with one attached hydrogen (secondary N) is 2. The number of amides is 1. The maximum Gasteiger partial charge on any atom is 0.228 e. The van der Waals surface area contributed by atoms with E-state index in [-0.39, 0.29) is 11.8 Å². The summed E-state index contributed by atoms with van der Waals surface area (Å²) < 4.78 is 10.4. The van der Waals surface area contributed by atoms with Gasteiger partial charge in [0.1, 0.15) is 11.5 Å². The van der Waals surface area contributed by atoms with E-state index in [9.17, 15) is 4.79 Å². The summed E-state index contributed by atoms with van der Waals surface area (Å²) in [5, 5.41) is 6.16. The van der Waals surface area contributed by atoms with Crippen LogP contribution in [0.25, 0.3) is 0 Å². The van der Waals surface area contributed by atoms with Crippen molar-refractivity contribution < 1.29 is 14.3 Å². The standard InChI is InChI=1S/C14H20N2O3/c1-18-12-6-11(7-13(8-12)19-2)16-14(17)10-4-3-5-15-9-10/h6-8,10,15H,3-5,9H2,1-2H3,(H,16,17)/t10-/m1/s1. The van der Waals surface area contributed by atoms with Gasteiger partial charge in [-0.3, -0.25) is 4.79 Å². The quantitative estimate of drug-likeness (QED) is 0.868. The summed E-state index contributed by atoms with van der Waals surface area (Å²) in [6, 6.07) is 5.35. The summed E-state index contributed by atoms with van der Waals surface area (Å²) in [7, 11) is 3.18. The molecule has 0 saturated carbocycles. The zero-order chi connectivity index (χ0) is 13.7. The smallest absolute Gasteiger partial charge is 0.228 e. The van der Waals surface area contributed by atoms with Gasteiger partial charge in [-0.15, -0.1) is 0 Å². The van der Waals surface area contributed by atoms with E-state index in [1.807, 2.05) is 0 Å². The number of piperidine rings is 1. The first kappa shape index (κ1) is 13.7. The van der Waals surface area contributed by atoms with E-state index in [2.05, 4.69) is 10.6 Å². The average Bonchev–Trinajstić information content (AvgIpc) is 2.47. The van der Waals surface area contributed by atoms with Crippen molar-refractivity contribution in [2.75, 3.05) is 32.6 Å². The molecule has 5 nitrogen and oxygen atoms in total. The number of ether oxygens (including phenoxy) is 2. The maximum absolute atomic E-state index is 12.1. The molecular weight excluding hydrogens is 244 g/mol. The third-order valence-corrected chi connectivity index (χ3v) is 3.29. The van der Waals surface area contributed by atoms with Gasteiger partial charge in [-0.05, 0) is 19.4 Å². The molecule has 0 spiro atoms. The second-order valence-corrected chi connectivity index (χ2v) is 4.63. The first-order chi connectivity index (χ1) is 9.22. The Balaban J connectivity index is 2.06. The van der Waals surface area contributed by atoms with Crippen LogP contribution in [-0.2, 0) is 4.79 Å². The molecule has 1 aromatic rings. The van der Waals surface area contributed by atoms with Gasteiger partial charge in [-0.25, -0.2) is 0 Å². The molecule has 1 heterocycles. The molecule has 0 bridgehead atoms. The third kappa shape index (κ3) is 3.61. The van der Waals surface area contributed by atoms with Crippen LogP contribution in [0.5, 0.6) is 11.5 Å². The Morgan fingerprint density at radius 3 is 2.47 bits per heavy atom. The van der Waals surface area contributed by atoms with Crippen molar-refractivity contribution in [1.82, 2.24) is 5.32 Å². The lowest BCUT2D eigenvalue weighted by molar-refractivity contribution is -0.120. The molecular formula is C14H20N2O3. The highest BCUT2D eigenvalue weighted by Crippen LogP contribution is 2.26. The predicted molar refractivity (Wildman–Crippen MR) is 73.8 cm³/mol. The van der Waals surface area contributed by atoms with Crippen LogP contribution >= 0.6 is 0 Å². The SMILES string of the molecule is COc1cc(NC(=O)[C@@H]2CCCNC2)cc(OC)c1. The molecule has 1 atom stereocenters. The van der Waals surface area contributed by atoms with Crippen LogP contribution in [0.15, 0.2) is 18.2 Å². The molecule has 1 fully saturated rings. The summed E-state index contributed by atoms with van der Waals surface area (Å²) in [6.45, 7) is 1.74. The first-order valence-electron chi connectivity index (χ1n) is 6.47. The van der Waals surface area contributed by atoms with Gasteiger partial charge in [-0.1, -0.05) is 0 Å². The Hall–Kier alpha value is -1.75. The zero-order valence-electron chi connectivity index (χ0n) is 11.4. The van der Waals surface area contributed by atoms with E-state index >= 15 is 0 Å². The minimum atomic E-state index is 0.0333. The summed E-state index contributed by atoms with van der Waals surface area (Å²) in [4.78, 5) is 12.1. The monoisotopic (exact) mass is 264 g/mol. The average molecular weight is 264 g/mol. The minimum absolute atomic E-state index is 0.0333. The van der Waals surface area contributed by atoms with Crippen LogP contribution in [0.2, 0.25) is 0 Å². The fourth-order valence-corrected chi connectivity index (χ4v) is 2.20. The topological polar surface area (TPSA) is 59.6 Å². The molecule has 1 aliphatic heterocycles. The fourth-order valence-electron chi connectivity index (χ4n) is 2.20. The summed E-state index contributed by atoms with van der Waals surface area (Å²) in [6.07, 6.45) is 1.97. The summed E-state index contributed by atoms with van der Waals surface area (Å²) in [5.41, 5.74) is 0.701. The van der Waals surface area contributed by atoms with Gasteiger partial charge in [0, 0.05) is 30.4 Å². The molecule has 19 heavy (non-hydrogen) atoms. The normalized spacial score (nSPS) is 18.7. The highest BCUT2D eigenvalue weighted by atomic mass is 16.5. The van der Waals surface area contributed by atoms with Crippen molar-refractivity contribution in [2.45, 2.75) is 12.8 Å². The summed E-state index contributed by atoms with van der Waals surface area (Å²) >= 11 is 0. The lowest BCUT2D eigenvalue weighted by Gasteiger charge is -2.22. The lowest BCUT2D eigenvalue weighted by atomic mass is 9.99. The number of carbonyl (C=O) groups is 1. The minimum Gasteiger partial charge on any atom is -0.497 e. The first-order valence-corrected chi connectivity index (χ1v) is 6.47. The van der Waals surface area contributed by atoms with Gasteiger partial charge < -0.3 is 20.1 Å². The molecule has 1 amide bonds. The number of carbonyl (C=O) groups excluding carboxylic acids is 1.